The molecule has 3 nitrogen and oxygen atoms in total. The molecule has 0 saturated carbocycles. The first-order valence-corrected chi connectivity index (χ1v) is 2.82. The fourth-order valence-electron chi connectivity index (χ4n) is 0.636. The normalized spacial score (nSPS) is 11.4. The summed E-state index contributed by atoms with van der Waals surface area (Å²) in [5.41, 5.74) is 0. The summed E-state index contributed by atoms with van der Waals surface area (Å²) in [5.74, 6) is -2.10. The van der Waals surface area contributed by atoms with Crippen LogP contribution in [0.15, 0.2) is 0 Å². The van der Waals surface area contributed by atoms with Gasteiger partial charge in [-0.1, -0.05) is 6.92 Å². The molecule has 10 heavy (non-hydrogen) atoms. The fraction of sp³-hybridized carbons (Fsp3) is 0.667. The van der Waals surface area contributed by atoms with Crippen molar-refractivity contribution in [1.82, 2.24) is 0 Å². The predicted octanol–water partition coefficient (Wildman–Crippen LogP) is -2.20. The zero-order valence-corrected chi connectivity index (χ0v) is 9.67. The Balaban J connectivity index is -0.000000320. The second kappa shape index (κ2) is 6.48. The van der Waals surface area contributed by atoms with Gasteiger partial charge in [-0.25, -0.2) is 0 Å². The smallest absolute Gasteiger partial charge is 1.00 e. The number of hydrogen-bond donors (Lipinski definition) is 1. The molecule has 0 aliphatic heterocycles. The Hall–Kier alpha value is 0.776. The molecule has 0 bridgehead atoms. The van der Waals surface area contributed by atoms with Crippen LogP contribution in [0.2, 0.25) is 0 Å². The van der Waals surface area contributed by atoms with Crippen LogP contribution in [0, 0.1) is 5.92 Å². The van der Waals surface area contributed by atoms with E-state index in [0.29, 0.717) is 6.42 Å². The third-order valence-corrected chi connectivity index (χ3v) is 1.20. The molecule has 1 atom stereocenters. The van der Waals surface area contributed by atoms with Gasteiger partial charge in [0.2, 0.25) is 0 Å². The standard InChI is InChI=1S/C6H10O3.K.H/c1-3-5(4(2)7)6(8)9;;/h5H,3H2,1-2H3,(H,8,9);;/q;+1;-1. The topological polar surface area (TPSA) is 54.4 Å². The Morgan fingerprint density at radius 1 is 1.60 bits per heavy atom. The maximum Gasteiger partial charge on any atom is 1.00 e. The van der Waals surface area contributed by atoms with E-state index in [9.17, 15) is 9.59 Å². The summed E-state index contributed by atoms with van der Waals surface area (Å²) in [5, 5.41) is 8.32. The summed E-state index contributed by atoms with van der Waals surface area (Å²) in [4.78, 5) is 20.6. The quantitative estimate of drug-likeness (QED) is 0.386. The second-order valence-corrected chi connectivity index (χ2v) is 1.91. The minimum atomic E-state index is -1.02. The number of carboxylic acids is 1. The van der Waals surface area contributed by atoms with Crippen molar-refractivity contribution < 1.29 is 67.5 Å². The van der Waals surface area contributed by atoms with Gasteiger partial charge in [0, 0.05) is 0 Å². The van der Waals surface area contributed by atoms with Crippen molar-refractivity contribution in [2.75, 3.05) is 0 Å². The molecular formula is C6H11KO3. The largest absolute Gasteiger partial charge is 1.00 e. The van der Waals surface area contributed by atoms with Crippen LogP contribution in [0.1, 0.15) is 21.7 Å². The molecule has 0 aliphatic rings. The molecule has 0 aromatic heterocycles. The maximum absolute atomic E-state index is 10.4. The molecule has 0 aromatic rings. The van der Waals surface area contributed by atoms with E-state index in [1.807, 2.05) is 0 Å². The van der Waals surface area contributed by atoms with Gasteiger partial charge < -0.3 is 6.53 Å². The number of ketones is 1. The molecule has 0 amide bonds. The first-order chi connectivity index (χ1) is 4.09. The molecule has 0 rings (SSSR count). The zero-order valence-electron chi connectivity index (χ0n) is 7.55. The van der Waals surface area contributed by atoms with Crippen LogP contribution in [-0.4, -0.2) is 16.9 Å². The van der Waals surface area contributed by atoms with E-state index >= 15 is 0 Å². The molecule has 0 fully saturated rings. The van der Waals surface area contributed by atoms with Crippen LogP contribution < -0.4 is 51.4 Å². The van der Waals surface area contributed by atoms with Crippen LogP contribution in [0.25, 0.3) is 0 Å². The minimum absolute atomic E-state index is 0. The van der Waals surface area contributed by atoms with Crippen molar-refractivity contribution in [2.24, 2.45) is 5.92 Å². The van der Waals surface area contributed by atoms with Crippen molar-refractivity contribution in [3.63, 3.8) is 0 Å². The van der Waals surface area contributed by atoms with Crippen LogP contribution in [0.3, 0.4) is 0 Å². The predicted molar refractivity (Wildman–Crippen MR) is 33.2 cm³/mol. The van der Waals surface area contributed by atoms with Crippen molar-refractivity contribution in [3.8, 4) is 0 Å². The van der Waals surface area contributed by atoms with E-state index < -0.39 is 11.9 Å². The Kier molecular flexibility index (Phi) is 8.67. The number of hydrogen-bond acceptors (Lipinski definition) is 2. The van der Waals surface area contributed by atoms with Gasteiger partial charge in [0.25, 0.3) is 0 Å². The van der Waals surface area contributed by atoms with Crippen molar-refractivity contribution in [1.29, 1.82) is 0 Å². The number of rotatable bonds is 3. The molecular weight excluding hydrogens is 159 g/mol. The number of carbonyl (C=O) groups is 2. The molecule has 0 spiro atoms. The molecule has 1 unspecified atom stereocenters. The number of aliphatic carboxylic acids is 1. The van der Waals surface area contributed by atoms with Crippen molar-refractivity contribution in [3.05, 3.63) is 0 Å². The molecule has 4 heteroatoms. The second-order valence-electron chi connectivity index (χ2n) is 1.91. The summed E-state index contributed by atoms with van der Waals surface area (Å²) < 4.78 is 0. The number of carbonyl (C=O) groups excluding carboxylic acids is 1. The van der Waals surface area contributed by atoms with Crippen LogP contribution in [0.4, 0.5) is 0 Å². The molecule has 0 radical (unpaired) electrons. The Morgan fingerprint density at radius 2 is 2.00 bits per heavy atom. The molecule has 1 N–H and O–H groups in total. The van der Waals surface area contributed by atoms with E-state index in [1.54, 1.807) is 6.92 Å². The van der Waals surface area contributed by atoms with Gasteiger partial charge in [-0.15, -0.1) is 0 Å². The van der Waals surface area contributed by atoms with E-state index in [1.165, 1.54) is 6.92 Å². The van der Waals surface area contributed by atoms with E-state index in [2.05, 4.69) is 0 Å². The van der Waals surface area contributed by atoms with E-state index in [4.69, 9.17) is 5.11 Å². The summed E-state index contributed by atoms with van der Waals surface area (Å²) in [6.07, 6.45) is 0.380. The summed E-state index contributed by atoms with van der Waals surface area (Å²) in [7, 11) is 0. The maximum atomic E-state index is 10.4. The van der Waals surface area contributed by atoms with Crippen LogP contribution in [-0.2, 0) is 9.59 Å². The Morgan fingerprint density at radius 3 is 2.00 bits per heavy atom. The molecule has 0 aromatic carbocycles. The number of carboxylic acid groups (broad SMARTS) is 1. The van der Waals surface area contributed by atoms with Crippen molar-refractivity contribution in [2.45, 2.75) is 20.3 Å². The summed E-state index contributed by atoms with van der Waals surface area (Å²) in [6.45, 7) is 2.97. The minimum Gasteiger partial charge on any atom is -1.00 e. The third-order valence-electron chi connectivity index (χ3n) is 1.20. The Bertz CT molecular complexity index is 124. The van der Waals surface area contributed by atoms with Gasteiger partial charge in [-0.05, 0) is 13.3 Å². The van der Waals surface area contributed by atoms with Gasteiger partial charge in [0.1, 0.15) is 11.7 Å². The summed E-state index contributed by atoms with van der Waals surface area (Å²) >= 11 is 0. The fourth-order valence-corrected chi connectivity index (χ4v) is 0.636. The molecule has 0 aliphatic carbocycles. The molecule has 0 heterocycles. The summed E-state index contributed by atoms with van der Waals surface area (Å²) in [6, 6.07) is 0. The van der Waals surface area contributed by atoms with Gasteiger partial charge in [-0.2, -0.15) is 0 Å². The van der Waals surface area contributed by atoms with Crippen LogP contribution in [0.5, 0.6) is 0 Å². The van der Waals surface area contributed by atoms with Gasteiger partial charge >= 0.3 is 57.4 Å². The zero-order chi connectivity index (χ0) is 7.44. The first-order valence-electron chi connectivity index (χ1n) is 2.82. The van der Waals surface area contributed by atoms with Crippen LogP contribution >= 0.6 is 0 Å². The van der Waals surface area contributed by atoms with E-state index in [-0.39, 0.29) is 58.6 Å². The van der Waals surface area contributed by atoms with Gasteiger partial charge in [-0.3, -0.25) is 9.59 Å². The van der Waals surface area contributed by atoms with Gasteiger partial charge in [0.15, 0.2) is 0 Å². The average Bonchev–Trinajstić information content (AvgIpc) is 1.64. The SMILES string of the molecule is CCC(C(C)=O)C(=O)O.[H-].[K+]. The Labute approximate surface area is 104 Å². The first kappa shape index (κ1) is 13.4. The van der Waals surface area contributed by atoms with Crippen molar-refractivity contribution >= 4 is 11.8 Å². The number of Topliss-reactive ketones (excluding diaryl/α,β-unsaturated/α-hetero) is 1. The van der Waals surface area contributed by atoms with Gasteiger partial charge in [0.05, 0.1) is 0 Å². The molecule has 54 valence electrons. The molecule has 0 saturated heterocycles. The monoisotopic (exact) mass is 170 g/mol. The third kappa shape index (κ3) is 4.57. The average molecular weight is 170 g/mol. The van der Waals surface area contributed by atoms with E-state index in [0.717, 1.165) is 0 Å².